The van der Waals surface area contributed by atoms with E-state index >= 15 is 0 Å². The molecule has 2 saturated heterocycles. The van der Waals surface area contributed by atoms with Gasteiger partial charge in [0.05, 0.1) is 38.3 Å². The minimum atomic E-state index is -0.364. The van der Waals surface area contributed by atoms with E-state index in [-0.39, 0.29) is 35.8 Å². The molecular weight excluding hydrogens is 370 g/mol. The van der Waals surface area contributed by atoms with Crippen molar-refractivity contribution in [1.82, 2.24) is 0 Å². The number of carbonyl (C=O) groups is 3. The Labute approximate surface area is 169 Å². The molecule has 2 aliphatic heterocycles. The fourth-order valence-electron chi connectivity index (χ4n) is 4.13. The fourth-order valence-corrected chi connectivity index (χ4v) is 4.13. The quantitative estimate of drug-likeness (QED) is 0.587. The second kappa shape index (κ2) is 7.67. The van der Waals surface area contributed by atoms with E-state index in [9.17, 15) is 19.5 Å². The summed E-state index contributed by atoms with van der Waals surface area (Å²) in [6.07, 6.45) is 0.210. The molecule has 2 N–H and O–H groups in total. The summed E-state index contributed by atoms with van der Waals surface area (Å²) < 4.78 is 0. The van der Waals surface area contributed by atoms with Gasteiger partial charge in [-0.25, -0.2) is 4.90 Å². The third-order valence-electron chi connectivity index (χ3n) is 5.79. The first-order valence-corrected chi connectivity index (χ1v) is 9.80. The van der Waals surface area contributed by atoms with Crippen molar-refractivity contribution in [3.63, 3.8) is 0 Å². The van der Waals surface area contributed by atoms with Crippen molar-refractivity contribution in [3.8, 4) is 5.75 Å². The number of nitrogens with zero attached hydrogens (tertiary/aromatic N) is 2. The highest BCUT2D eigenvalue weighted by Gasteiger charge is 2.46. The predicted molar refractivity (Wildman–Crippen MR) is 108 cm³/mol. The molecule has 0 aromatic heterocycles. The molecule has 4 rings (SSSR count). The highest BCUT2D eigenvalue weighted by Crippen LogP contribution is 2.23. The van der Waals surface area contributed by atoms with Crippen LogP contribution in [0.1, 0.15) is 23.7 Å². The number of quaternary nitrogens is 1. The lowest BCUT2D eigenvalue weighted by atomic mass is 10.1. The van der Waals surface area contributed by atoms with Crippen LogP contribution >= 0.6 is 0 Å². The van der Waals surface area contributed by atoms with Crippen molar-refractivity contribution in [2.24, 2.45) is 0 Å². The predicted octanol–water partition coefficient (Wildman–Crippen LogP) is 0.632. The number of phenolic OH excluding ortho intramolecular Hbond substituents is 1. The van der Waals surface area contributed by atoms with Gasteiger partial charge in [-0.05, 0) is 55.5 Å². The maximum Gasteiger partial charge on any atom is 0.292 e. The van der Waals surface area contributed by atoms with E-state index in [0.717, 1.165) is 36.8 Å². The number of benzene rings is 2. The zero-order valence-electron chi connectivity index (χ0n) is 16.3. The number of aromatic hydroxyl groups is 1. The number of phenols is 1. The number of hydrogen-bond donors (Lipinski definition) is 2. The molecule has 150 valence electrons. The van der Waals surface area contributed by atoms with Gasteiger partial charge < -0.3 is 14.9 Å². The molecule has 0 unspecified atom stereocenters. The lowest BCUT2D eigenvalue weighted by Gasteiger charge is -2.35. The zero-order chi connectivity index (χ0) is 20.5. The molecule has 29 heavy (non-hydrogen) atoms. The Bertz CT molecular complexity index is 932. The van der Waals surface area contributed by atoms with E-state index in [0.29, 0.717) is 11.3 Å². The van der Waals surface area contributed by atoms with Gasteiger partial charge in [-0.15, -0.1) is 0 Å². The number of nitrogens with one attached hydrogen (secondary N) is 1. The molecule has 0 bridgehead atoms. The standard InChI is InChI=1S/C22H23N3O4/c1-15(26)16-2-4-18(5-3-16)25-21(28)14-20(22(25)29)24-12-10-23(11-13-24)17-6-8-19(27)9-7-17/h2-9,20,27H,10-14H2,1H3/p+1/t20-/m0/s1. The normalized spacial score (nSPS) is 20.4. The van der Waals surface area contributed by atoms with Crippen molar-refractivity contribution in [3.05, 3.63) is 54.1 Å². The zero-order valence-corrected chi connectivity index (χ0v) is 16.3. The van der Waals surface area contributed by atoms with Crippen molar-refractivity contribution < 1.29 is 24.4 Å². The van der Waals surface area contributed by atoms with Crippen LogP contribution in [0, 0.1) is 0 Å². The average molecular weight is 394 g/mol. The molecular formula is C22H24N3O4+. The second-order valence-corrected chi connectivity index (χ2v) is 7.59. The van der Waals surface area contributed by atoms with E-state index in [4.69, 9.17) is 0 Å². The topological polar surface area (TPSA) is 82.4 Å². The second-order valence-electron chi connectivity index (χ2n) is 7.59. The number of piperazine rings is 1. The number of hydrogen-bond acceptors (Lipinski definition) is 5. The number of rotatable bonds is 4. The Morgan fingerprint density at radius 1 is 0.966 bits per heavy atom. The number of imide groups is 1. The van der Waals surface area contributed by atoms with Gasteiger partial charge in [-0.2, -0.15) is 0 Å². The Balaban J connectivity index is 1.42. The monoisotopic (exact) mass is 394 g/mol. The van der Waals surface area contributed by atoms with Crippen molar-refractivity contribution in [1.29, 1.82) is 0 Å². The first kappa shape index (κ1) is 19.1. The Kier molecular flexibility index (Phi) is 5.07. The lowest BCUT2D eigenvalue weighted by Crippen LogP contribution is -3.19. The van der Waals surface area contributed by atoms with Crippen LogP contribution in [-0.2, 0) is 9.59 Å². The van der Waals surface area contributed by atoms with Gasteiger partial charge in [0.2, 0.25) is 5.91 Å². The Morgan fingerprint density at radius 2 is 1.55 bits per heavy atom. The van der Waals surface area contributed by atoms with Crippen LogP contribution in [0.2, 0.25) is 0 Å². The molecule has 2 aliphatic rings. The van der Waals surface area contributed by atoms with Crippen LogP contribution < -0.4 is 14.7 Å². The fraction of sp³-hybridized carbons (Fsp3) is 0.318. The van der Waals surface area contributed by atoms with Crippen LogP contribution in [0.4, 0.5) is 11.4 Å². The van der Waals surface area contributed by atoms with Gasteiger partial charge in [0, 0.05) is 11.3 Å². The molecule has 7 nitrogen and oxygen atoms in total. The van der Waals surface area contributed by atoms with Crippen LogP contribution in [0.3, 0.4) is 0 Å². The van der Waals surface area contributed by atoms with Gasteiger partial charge in [0.15, 0.2) is 11.8 Å². The summed E-state index contributed by atoms with van der Waals surface area (Å²) in [6, 6.07) is 13.4. The van der Waals surface area contributed by atoms with E-state index < -0.39 is 0 Å². The summed E-state index contributed by atoms with van der Waals surface area (Å²) in [7, 11) is 0. The molecule has 2 aromatic rings. The number of amides is 2. The van der Waals surface area contributed by atoms with E-state index in [1.807, 2.05) is 12.1 Å². The summed E-state index contributed by atoms with van der Waals surface area (Å²) in [5.74, 6) is -0.170. The number of anilines is 2. The van der Waals surface area contributed by atoms with Crippen LogP contribution in [0.15, 0.2) is 48.5 Å². The van der Waals surface area contributed by atoms with Crippen LogP contribution in [0.25, 0.3) is 0 Å². The molecule has 2 amide bonds. The van der Waals surface area contributed by atoms with E-state index in [1.165, 1.54) is 11.8 Å². The van der Waals surface area contributed by atoms with Gasteiger partial charge in [-0.3, -0.25) is 14.4 Å². The SMILES string of the molecule is CC(=O)c1ccc(N2C(=O)C[C@H]([NH+]3CCN(c4ccc(O)cc4)CC3)C2=O)cc1. The third kappa shape index (κ3) is 3.73. The molecule has 7 heteroatoms. The number of ketones is 1. The molecule has 0 radical (unpaired) electrons. The Morgan fingerprint density at radius 3 is 2.14 bits per heavy atom. The van der Waals surface area contributed by atoms with Crippen LogP contribution in [0.5, 0.6) is 5.75 Å². The molecule has 0 spiro atoms. The molecule has 2 aromatic carbocycles. The largest absolute Gasteiger partial charge is 0.508 e. The van der Waals surface area contributed by atoms with Gasteiger partial charge >= 0.3 is 0 Å². The molecule has 0 saturated carbocycles. The number of carbonyl (C=O) groups excluding carboxylic acids is 3. The summed E-state index contributed by atoms with van der Waals surface area (Å²) in [4.78, 5) is 41.6. The molecule has 2 heterocycles. The van der Waals surface area contributed by atoms with E-state index in [1.54, 1.807) is 36.4 Å². The minimum absolute atomic E-state index is 0.0514. The van der Waals surface area contributed by atoms with Gasteiger partial charge in [-0.1, -0.05) is 0 Å². The van der Waals surface area contributed by atoms with Crippen molar-refractivity contribution in [2.45, 2.75) is 19.4 Å². The first-order chi connectivity index (χ1) is 13.9. The maximum atomic E-state index is 13.0. The Hall–Kier alpha value is -3.19. The summed E-state index contributed by atoms with van der Waals surface area (Å²) >= 11 is 0. The summed E-state index contributed by atoms with van der Waals surface area (Å²) in [6.45, 7) is 4.58. The highest BCUT2D eigenvalue weighted by atomic mass is 16.3. The first-order valence-electron chi connectivity index (χ1n) is 9.80. The van der Waals surface area contributed by atoms with Gasteiger partial charge in [0.1, 0.15) is 5.75 Å². The van der Waals surface area contributed by atoms with Crippen molar-refractivity contribution in [2.75, 3.05) is 36.0 Å². The minimum Gasteiger partial charge on any atom is -0.508 e. The van der Waals surface area contributed by atoms with Crippen LogP contribution in [-0.4, -0.2) is 54.9 Å². The van der Waals surface area contributed by atoms with Gasteiger partial charge in [0.25, 0.3) is 5.91 Å². The third-order valence-corrected chi connectivity index (χ3v) is 5.79. The summed E-state index contributed by atoms with van der Waals surface area (Å²) in [5.41, 5.74) is 2.12. The summed E-state index contributed by atoms with van der Waals surface area (Å²) in [5, 5.41) is 9.44. The van der Waals surface area contributed by atoms with Crippen molar-refractivity contribution >= 4 is 29.0 Å². The smallest absolute Gasteiger partial charge is 0.292 e. The molecule has 2 fully saturated rings. The molecule has 1 atom stereocenters. The highest BCUT2D eigenvalue weighted by molar-refractivity contribution is 6.22. The average Bonchev–Trinajstić information content (AvgIpc) is 3.03. The number of Topliss-reactive ketones (excluding diaryl/α,β-unsaturated/α-hetero) is 1. The lowest BCUT2D eigenvalue weighted by molar-refractivity contribution is -0.915. The molecule has 0 aliphatic carbocycles. The maximum absolute atomic E-state index is 13.0. The van der Waals surface area contributed by atoms with E-state index in [2.05, 4.69) is 4.90 Å².